The Kier molecular flexibility index (Phi) is 5.30. The number of hydrogen-bond donors (Lipinski definition) is 1. The zero-order valence-corrected chi connectivity index (χ0v) is 12.8. The number of carbonyl (C=O) groups excluding carboxylic acids is 2. The number of carbonyl (C=O) groups is 2. The van der Waals surface area contributed by atoms with Gasteiger partial charge in [0.2, 0.25) is 5.91 Å². The van der Waals surface area contributed by atoms with Crippen LogP contribution < -0.4 is 5.32 Å². The summed E-state index contributed by atoms with van der Waals surface area (Å²) in [5, 5.41) is 6.99. The maximum atomic E-state index is 12.1. The summed E-state index contributed by atoms with van der Waals surface area (Å²) in [4.78, 5) is 23.9. The van der Waals surface area contributed by atoms with E-state index in [0.717, 1.165) is 17.8 Å². The van der Waals surface area contributed by atoms with Crippen molar-refractivity contribution in [2.45, 2.75) is 52.6 Å². The predicted octanol–water partition coefficient (Wildman–Crippen LogP) is 1.35. The average Bonchev–Trinajstić information content (AvgIpc) is 2.66. The Morgan fingerprint density at radius 3 is 2.55 bits per heavy atom. The largest absolute Gasteiger partial charge is 0.467 e. The van der Waals surface area contributed by atoms with Crippen LogP contribution in [0, 0.1) is 13.8 Å². The molecule has 0 aliphatic rings. The highest BCUT2D eigenvalue weighted by Crippen LogP contribution is 2.14. The highest BCUT2D eigenvalue weighted by molar-refractivity contribution is 5.87. The standard InChI is InChI=1S/C14H23N3O3/c1-6-7-14(4,13(19)20-5)15-12(18)9-17-11(3)8-10(2)16-17/h8H,6-7,9H2,1-5H3,(H,15,18). The second kappa shape index (κ2) is 6.54. The second-order valence-electron chi connectivity index (χ2n) is 5.21. The molecule has 0 radical (unpaired) electrons. The first-order valence-corrected chi connectivity index (χ1v) is 6.73. The van der Waals surface area contributed by atoms with Gasteiger partial charge < -0.3 is 10.1 Å². The summed E-state index contributed by atoms with van der Waals surface area (Å²) in [6.45, 7) is 7.49. The molecule has 1 atom stereocenters. The fraction of sp³-hybridized carbons (Fsp3) is 0.643. The van der Waals surface area contributed by atoms with Crippen molar-refractivity contribution in [1.82, 2.24) is 15.1 Å². The van der Waals surface area contributed by atoms with E-state index >= 15 is 0 Å². The molecular weight excluding hydrogens is 258 g/mol. The number of nitrogens with one attached hydrogen (secondary N) is 1. The summed E-state index contributed by atoms with van der Waals surface area (Å²) in [5.41, 5.74) is 0.781. The number of aryl methyl sites for hydroxylation is 2. The van der Waals surface area contributed by atoms with Crippen molar-refractivity contribution in [3.8, 4) is 0 Å². The molecule has 1 heterocycles. The minimum absolute atomic E-state index is 0.0932. The number of esters is 1. The molecule has 0 bridgehead atoms. The van der Waals surface area contributed by atoms with Gasteiger partial charge in [-0.15, -0.1) is 0 Å². The molecule has 0 aliphatic heterocycles. The third kappa shape index (κ3) is 3.82. The van der Waals surface area contributed by atoms with E-state index in [1.54, 1.807) is 11.6 Å². The number of ether oxygens (including phenoxy) is 1. The molecule has 1 unspecified atom stereocenters. The Morgan fingerprint density at radius 1 is 1.45 bits per heavy atom. The monoisotopic (exact) mass is 281 g/mol. The van der Waals surface area contributed by atoms with Gasteiger partial charge in [0.1, 0.15) is 12.1 Å². The van der Waals surface area contributed by atoms with Gasteiger partial charge >= 0.3 is 5.97 Å². The Morgan fingerprint density at radius 2 is 2.10 bits per heavy atom. The zero-order chi connectivity index (χ0) is 15.3. The van der Waals surface area contributed by atoms with Crippen molar-refractivity contribution < 1.29 is 14.3 Å². The Balaban J connectivity index is 2.76. The van der Waals surface area contributed by atoms with Gasteiger partial charge in [-0.1, -0.05) is 13.3 Å². The fourth-order valence-electron chi connectivity index (χ4n) is 2.26. The molecule has 1 rings (SSSR count). The molecule has 1 amide bonds. The summed E-state index contributed by atoms with van der Waals surface area (Å²) in [6.07, 6.45) is 1.30. The second-order valence-corrected chi connectivity index (χ2v) is 5.21. The van der Waals surface area contributed by atoms with Crippen molar-refractivity contribution in [2.75, 3.05) is 7.11 Å². The summed E-state index contributed by atoms with van der Waals surface area (Å²) in [6, 6.07) is 1.90. The van der Waals surface area contributed by atoms with Crippen LogP contribution in [0.3, 0.4) is 0 Å². The van der Waals surface area contributed by atoms with Crippen LogP contribution in [0.5, 0.6) is 0 Å². The molecular formula is C14H23N3O3. The molecule has 0 aliphatic carbocycles. The van der Waals surface area contributed by atoms with Crippen molar-refractivity contribution in [1.29, 1.82) is 0 Å². The SMILES string of the molecule is CCCC(C)(NC(=O)Cn1nc(C)cc1C)C(=O)OC. The number of hydrogen-bond acceptors (Lipinski definition) is 4. The van der Waals surface area contributed by atoms with E-state index in [4.69, 9.17) is 4.74 Å². The summed E-state index contributed by atoms with van der Waals surface area (Å²) < 4.78 is 6.39. The van der Waals surface area contributed by atoms with Crippen LogP contribution in [0.15, 0.2) is 6.07 Å². The summed E-state index contributed by atoms with van der Waals surface area (Å²) in [7, 11) is 1.32. The maximum Gasteiger partial charge on any atom is 0.331 e. The van der Waals surface area contributed by atoms with Crippen LogP contribution in [0.1, 0.15) is 38.1 Å². The summed E-state index contributed by atoms with van der Waals surface area (Å²) >= 11 is 0. The lowest BCUT2D eigenvalue weighted by atomic mass is 9.96. The molecule has 6 nitrogen and oxygen atoms in total. The first-order chi connectivity index (χ1) is 9.32. The highest BCUT2D eigenvalue weighted by Gasteiger charge is 2.35. The minimum Gasteiger partial charge on any atom is -0.467 e. The van der Waals surface area contributed by atoms with Gasteiger partial charge in [0, 0.05) is 5.69 Å². The van der Waals surface area contributed by atoms with Crippen LogP contribution in [-0.4, -0.2) is 34.3 Å². The third-order valence-electron chi connectivity index (χ3n) is 3.20. The third-order valence-corrected chi connectivity index (χ3v) is 3.20. The van der Waals surface area contributed by atoms with Gasteiger partial charge in [-0.25, -0.2) is 4.79 Å². The molecule has 0 saturated carbocycles. The Bertz CT molecular complexity index is 496. The molecule has 1 aromatic rings. The van der Waals surface area contributed by atoms with E-state index in [0.29, 0.717) is 6.42 Å². The molecule has 1 aromatic heterocycles. The lowest BCUT2D eigenvalue weighted by Gasteiger charge is -2.27. The van der Waals surface area contributed by atoms with Gasteiger partial charge in [0.15, 0.2) is 0 Å². The van der Waals surface area contributed by atoms with Crippen LogP contribution in [0.2, 0.25) is 0 Å². The van der Waals surface area contributed by atoms with E-state index in [1.165, 1.54) is 7.11 Å². The molecule has 112 valence electrons. The van der Waals surface area contributed by atoms with Gasteiger partial charge in [0.05, 0.1) is 12.8 Å². The molecule has 6 heteroatoms. The number of amides is 1. The van der Waals surface area contributed by atoms with E-state index < -0.39 is 11.5 Å². The van der Waals surface area contributed by atoms with Crippen LogP contribution in [-0.2, 0) is 20.9 Å². The van der Waals surface area contributed by atoms with E-state index in [1.807, 2.05) is 26.8 Å². The zero-order valence-electron chi connectivity index (χ0n) is 12.8. The molecule has 0 aromatic carbocycles. The van der Waals surface area contributed by atoms with E-state index in [2.05, 4.69) is 10.4 Å². The van der Waals surface area contributed by atoms with E-state index in [-0.39, 0.29) is 12.5 Å². The molecule has 0 fully saturated rings. The van der Waals surface area contributed by atoms with Gasteiger partial charge in [-0.2, -0.15) is 5.10 Å². The smallest absolute Gasteiger partial charge is 0.331 e. The van der Waals surface area contributed by atoms with Crippen LogP contribution in [0.25, 0.3) is 0 Å². The van der Waals surface area contributed by atoms with Crippen LogP contribution in [0.4, 0.5) is 0 Å². The maximum absolute atomic E-state index is 12.1. The lowest BCUT2D eigenvalue weighted by Crippen LogP contribution is -2.53. The molecule has 20 heavy (non-hydrogen) atoms. The molecule has 0 saturated heterocycles. The molecule has 0 spiro atoms. The van der Waals surface area contributed by atoms with Crippen molar-refractivity contribution in [3.05, 3.63) is 17.5 Å². The fourth-order valence-corrected chi connectivity index (χ4v) is 2.26. The lowest BCUT2D eigenvalue weighted by molar-refractivity contribution is -0.150. The van der Waals surface area contributed by atoms with Crippen molar-refractivity contribution >= 4 is 11.9 Å². The average molecular weight is 281 g/mol. The number of rotatable bonds is 6. The topological polar surface area (TPSA) is 73.2 Å². The number of nitrogens with zero attached hydrogens (tertiary/aromatic N) is 2. The first kappa shape index (κ1) is 16.2. The minimum atomic E-state index is -0.989. The number of aromatic nitrogens is 2. The van der Waals surface area contributed by atoms with Gasteiger partial charge in [0.25, 0.3) is 0 Å². The Hall–Kier alpha value is -1.85. The van der Waals surface area contributed by atoms with Gasteiger partial charge in [-0.3, -0.25) is 9.48 Å². The Labute approximate surface area is 119 Å². The van der Waals surface area contributed by atoms with Crippen LogP contribution >= 0.6 is 0 Å². The van der Waals surface area contributed by atoms with Crippen molar-refractivity contribution in [3.63, 3.8) is 0 Å². The van der Waals surface area contributed by atoms with E-state index in [9.17, 15) is 9.59 Å². The predicted molar refractivity (Wildman–Crippen MR) is 75.2 cm³/mol. The van der Waals surface area contributed by atoms with Gasteiger partial charge in [-0.05, 0) is 33.3 Å². The van der Waals surface area contributed by atoms with Crippen molar-refractivity contribution in [2.24, 2.45) is 0 Å². The highest BCUT2D eigenvalue weighted by atomic mass is 16.5. The summed E-state index contributed by atoms with van der Waals surface area (Å²) in [5.74, 6) is -0.682. The first-order valence-electron chi connectivity index (χ1n) is 6.73. The quantitative estimate of drug-likeness (QED) is 0.799. The normalized spacial score (nSPS) is 13.7. The number of methoxy groups -OCH3 is 1. The molecule has 1 N–H and O–H groups in total.